The third kappa shape index (κ3) is 4.46. The van der Waals surface area contributed by atoms with E-state index in [4.69, 9.17) is 5.11 Å². The molecule has 0 radical (unpaired) electrons. The second-order valence-electron chi connectivity index (χ2n) is 4.20. The average Bonchev–Trinajstić information content (AvgIpc) is 2.26. The predicted molar refractivity (Wildman–Crippen MR) is 67.3 cm³/mol. The molecule has 0 heterocycles. The minimum atomic E-state index is -3.44. The highest BCUT2D eigenvalue weighted by Crippen LogP contribution is 2.11. The molecule has 0 saturated heterocycles. The fourth-order valence-corrected chi connectivity index (χ4v) is 2.78. The summed E-state index contributed by atoms with van der Waals surface area (Å²) in [6.07, 6.45) is 1.22. The van der Waals surface area contributed by atoms with Crippen LogP contribution in [0.3, 0.4) is 0 Å². The maximum atomic E-state index is 11.9. The lowest BCUT2D eigenvalue weighted by molar-refractivity contribution is 0.279. The molecule has 0 fully saturated rings. The molecule has 0 aliphatic carbocycles. The summed E-state index contributed by atoms with van der Waals surface area (Å²) in [5.74, 6) is 0. The van der Waals surface area contributed by atoms with Crippen molar-refractivity contribution in [3.63, 3.8) is 0 Å². The van der Waals surface area contributed by atoms with Gasteiger partial charge in [-0.1, -0.05) is 17.7 Å². The molecule has 0 amide bonds. The van der Waals surface area contributed by atoms with Gasteiger partial charge < -0.3 is 5.11 Å². The maximum Gasteiger partial charge on any atom is 0.240 e. The second kappa shape index (κ2) is 6.14. The molecule has 0 aromatic heterocycles. The number of hydrogen-bond donors (Lipinski definition) is 2. The Labute approximate surface area is 103 Å². The Balaban J connectivity index is 2.71. The van der Waals surface area contributed by atoms with Crippen molar-refractivity contribution >= 4 is 10.0 Å². The van der Waals surface area contributed by atoms with Gasteiger partial charge in [-0.25, -0.2) is 13.1 Å². The van der Waals surface area contributed by atoms with E-state index in [1.807, 2.05) is 6.92 Å². The van der Waals surface area contributed by atoms with Crippen LogP contribution in [0.2, 0.25) is 0 Å². The van der Waals surface area contributed by atoms with Crippen LogP contribution in [0.5, 0.6) is 0 Å². The Morgan fingerprint density at radius 2 is 1.88 bits per heavy atom. The summed E-state index contributed by atoms with van der Waals surface area (Å²) in [7, 11) is -3.44. The molecule has 1 unspecified atom stereocenters. The highest BCUT2D eigenvalue weighted by atomic mass is 32.2. The number of aliphatic hydroxyl groups is 1. The van der Waals surface area contributed by atoms with Gasteiger partial charge in [0.1, 0.15) is 0 Å². The summed E-state index contributed by atoms with van der Waals surface area (Å²) >= 11 is 0. The van der Waals surface area contributed by atoms with Crippen LogP contribution in [0.1, 0.15) is 25.3 Å². The van der Waals surface area contributed by atoms with Crippen molar-refractivity contribution in [1.29, 1.82) is 0 Å². The SMILES string of the molecule is Cc1ccc(S(=O)(=O)NC(C)CCCO)cc1. The largest absolute Gasteiger partial charge is 0.396 e. The van der Waals surface area contributed by atoms with E-state index < -0.39 is 10.0 Å². The Kier molecular flexibility index (Phi) is 5.11. The van der Waals surface area contributed by atoms with Gasteiger partial charge in [0.15, 0.2) is 0 Å². The summed E-state index contributed by atoms with van der Waals surface area (Å²) < 4.78 is 26.5. The summed E-state index contributed by atoms with van der Waals surface area (Å²) in [6.45, 7) is 3.78. The molecule has 5 heteroatoms. The highest BCUT2D eigenvalue weighted by Gasteiger charge is 2.16. The number of aliphatic hydroxyl groups excluding tert-OH is 1. The Hall–Kier alpha value is -0.910. The smallest absolute Gasteiger partial charge is 0.240 e. The lowest BCUT2D eigenvalue weighted by atomic mass is 10.2. The Bertz CT molecular complexity index is 439. The molecular formula is C12H19NO3S. The third-order valence-electron chi connectivity index (χ3n) is 2.48. The molecule has 0 bridgehead atoms. The molecule has 1 aromatic rings. The monoisotopic (exact) mass is 257 g/mol. The fourth-order valence-electron chi connectivity index (χ4n) is 1.51. The first-order valence-electron chi connectivity index (χ1n) is 5.65. The van der Waals surface area contributed by atoms with Crippen LogP contribution in [0.4, 0.5) is 0 Å². The van der Waals surface area contributed by atoms with Crippen LogP contribution < -0.4 is 4.72 Å². The molecule has 2 N–H and O–H groups in total. The molecule has 0 saturated carbocycles. The van der Waals surface area contributed by atoms with E-state index in [0.717, 1.165) is 5.56 Å². The molecule has 17 heavy (non-hydrogen) atoms. The Morgan fingerprint density at radius 1 is 1.29 bits per heavy atom. The lowest BCUT2D eigenvalue weighted by Crippen LogP contribution is -2.32. The first kappa shape index (κ1) is 14.2. The van der Waals surface area contributed by atoms with Gasteiger partial charge in [0, 0.05) is 12.6 Å². The average molecular weight is 257 g/mol. The van der Waals surface area contributed by atoms with E-state index in [1.54, 1.807) is 31.2 Å². The summed E-state index contributed by atoms with van der Waals surface area (Å²) in [5.41, 5.74) is 1.03. The van der Waals surface area contributed by atoms with E-state index in [0.29, 0.717) is 12.8 Å². The predicted octanol–water partition coefficient (Wildman–Crippen LogP) is 1.43. The minimum Gasteiger partial charge on any atom is -0.396 e. The molecular weight excluding hydrogens is 238 g/mol. The van der Waals surface area contributed by atoms with Crippen molar-refractivity contribution < 1.29 is 13.5 Å². The zero-order valence-electron chi connectivity index (χ0n) is 10.2. The lowest BCUT2D eigenvalue weighted by Gasteiger charge is -2.13. The molecule has 1 atom stereocenters. The standard InChI is InChI=1S/C12H19NO3S/c1-10-5-7-12(8-6-10)17(15,16)13-11(2)4-3-9-14/h5-8,11,13-14H,3-4,9H2,1-2H3. The van der Waals surface area contributed by atoms with Gasteiger partial charge in [0.25, 0.3) is 0 Å². The molecule has 0 spiro atoms. The molecule has 0 aliphatic rings. The van der Waals surface area contributed by atoms with Crippen molar-refractivity contribution in [2.24, 2.45) is 0 Å². The van der Waals surface area contributed by atoms with Crippen LogP contribution in [-0.2, 0) is 10.0 Å². The quantitative estimate of drug-likeness (QED) is 0.810. The number of sulfonamides is 1. The first-order chi connectivity index (χ1) is 7.95. The van der Waals surface area contributed by atoms with Gasteiger partial charge in [-0.3, -0.25) is 0 Å². The zero-order valence-corrected chi connectivity index (χ0v) is 11.0. The van der Waals surface area contributed by atoms with Crippen molar-refractivity contribution in [1.82, 2.24) is 4.72 Å². The molecule has 0 aliphatic heterocycles. The Morgan fingerprint density at radius 3 is 2.41 bits per heavy atom. The van der Waals surface area contributed by atoms with Gasteiger partial charge >= 0.3 is 0 Å². The second-order valence-corrected chi connectivity index (χ2v) is 5.92. The fraction of sp³-hybridized carbons (Fsp3) is 0.500. The first-order valence-corrected chi connectivity index (χ1v) is 7.14. The van der Waals surface area contributed by atoms with Crippen LogP contribution in [0.15, 0.2) is 29.2 Å². The summed E-state index contributed by atoms with van der Waals surface area (Å²) in [6, 6.07) is 6.56. The number of rotatable bonds is 6. The van der Waals surface area contributed by atoms with Gasteiger partial charge in [0.2, 0.25) is 10.0 Å². The maximum absolute atomic E-state index is 11.9. The van der Waals surface area contributed by atoms with Crippen LogP contribution >= 0.6 is 0 Å². The summed E-state index contributed by atoms with van der Waals surface area (Å²) in [5, 5.41) is 8.68. The van der Waals surface area contributed by atoms with E-state index in [1.165, 1.54) is 0 Å². The summed E-state index contributed by atoms with van der Waals surface area (Å²) in [4.78, 5) is 0.277. The highest BCUT2D eigenvalue weighted by molar-refractivity contribution is 7.89. The van der Waals surface area contributed by atoms with Gasteiger partial charge in [-0.05, 0) is 38.8 Å². The number of nitrogens with one attached hydrogen (secondary N) is 1. The van der Waals surface area contributed by atoms with Crippen molar-refractivity contribution in [2.75, 3.05) is 6.61 Å². The van der Waals surface area contributed by atoms with Gasteiger partial charge in [0.05, 0.1) is 4.90 Å². The van der Waals surface area contributed by atoms with E-state index in [-0.39, 0.29) is 17.5 Å². The van der Waals surface area contributed by atoms with Crippen molar-refractivity contribution in [3.05, 3.63) is 29.8 Å². The number of benzene rings is 1. The van der Waals surface area contributed by atoms with Crippen molar-refractivity contribution in [3.8, 4) is 0 Å². The molecule has 96 valence electrons. The molecule has 1 rings (SSSR count). The van der Waals surface area contributed by atoms with Crippen molar-refractivity contribution in [2.45, 2.75) is 37.6 Å². The van der Waals surface area contributed by atoms with E-state index >= 15 is 0 Å². The van der Waals surface area contributed by atoms with Gasteiger partial charge in [-0.15, -0.1) is 0 Å². The minimum absolute atomic E-state index is 0.0800. The van der Waals surface area contributed by atoms with Gasteiger partial charge in [-0.2, -0.15) is 0 Å². The van der Waals surface area contributed by atoms with E-state index in [9.17, 15) is 8.42 Å². The normalized spacial score (nSPS) is 13.6. The van der Waals surface area contributed by atoms with Crippen LogP contribution in [-0.4, -0.2) is 26.2 Å². The topological polar surface area (TPSA) is 66.4 Å². The van der Waals surface area contributed by atoms with Crippen LogP contribution in [0, 0.1) is 6.92 Å². The molecule has 1 aromatic carbocycles. The van der Waals surface area contributed by atoms with Crippen LogP contribution in [0.25, 0.3) is 0 Å². The molecule has 4 nitrogen and oxygen atoms in total. The zero-order chi connectivity index (χ0) is 12.9. The third-order valence-corrected chi connectivity index (χ3v) is 4.09. The number of aryl methyl sites for hydroxylation is 1. The van der Waals surface area contributed by atoms with E-state index in [2.05, 4.69) is 4.72 Å². The number of hydrogen-bond acceptors (Lipinski definition) is 3.